The number of hydrogen-bond donors (Lipinski definition) is 1. The van der Waals surface area contributed by atoms with Gasteiger partial charge in [-0.3, -0.25) is 4.79 Å². The van der Waals surface area contributed by atoms with E-state index in [-0.39, 0.29) is 17.7 Å². The van der Waals surface area contributed by atoms with E-state index in [2.05, 4.69) is 0 Å². The number of carbonyl (C=O) groups excluding carboxylic acids is 1. The Morgan fingerprint density at radius 1 is 1.35 bits per heavy atom. The normalized spacial score (nSPS) is 17.0. The fourth-order valence-electron chi connectivity index (χ4n) is 3.10. The number of phenolic OH excluding ortho intramolecular Hbond substituents is 1. The van der Waals surface area contributed by atoms with Gasteiger partial charge in [0.15, 0.2) is 17.3 Å². The molecule has 0 saturated carbocycles. The molecule has 3 rings (SSSR count). The Kier molecular flexibility index (Phi) is 3.80. The number of ether oxygens (including phenoxy) is 1. The molecule has 23 heavy (non-hydrogen) atoms. The molecule has 0 saturated heterocycles. The second-order valence-electron chi connectivity index (χ2n) is 6.00. The summed E-state index contributed by atoms with van der Waals surface area (Å²) < 4.78 is 10.8. The van der Waals surface area contributed by atoms with Gasteiger partial charge in [-0.15, -0.1) is 0 Å². The molecule has 0 aliphatic carbocycles. The molecule has 1 aromatic heterocycles. The van der Waals surface area contributed by atoms with E-state index in [9.17, 15) is 9.90 Å². The summed E-state index contributed by atoms with van der Waals surface area (Å²) in [6.45, 7) is 6.36. The van der Waals surface area contributed by atoms with Crippen LogP contribution in [0.5, 0.6) is 11.5 Å². The number of hydrogen-bond acceptors (Lipinski definition) is 4. The molecule has 1 aliphatic rings. The maximum absolute atomic E-state index is 12.8. The van der Waals surface area contributed by atoms with Crippen LogP contribution in [-0.2, 0) is 6.42 Å². The number of furan rings is 1. The monoisotopic (exact) mass is 315 g/mol. The van der Waals surface area contributed by atoms with Crippen LogP contribution in [0.2, 0.25) is 0 Å². The van der Waals surface area contributed by atoms with Gasteiger partial charge in [-0.05, 0) is 62.1 Å². The number of aromatic hydroxyl groups is 1. The number of fused-ring (bicyclic) bond motifs is 1. The van der Waals surface area contributed by atoms with E-state index < -0.39 is 0 Å². The lowest BCUT2D eigenvalue weighted by atomic mass is 9.92. The highest BCUT2D eigenvalue weighted by atomic mass is 16.5. The van der Waals surface area contributed by atoms with Gasteiger partial charge in [0.1, 0.15) is 5.76 Å². The first-order chi connectivity index (χ1) is 10.9. The Hall–Kier alpha value is -2.43. The molecule has 0 spiro atoms. The van der Waals surface area contributed by atoms with Gasteiger partial charge in [0.2, 0.25) is 0 Å². The van der Waals surface area contributed by atoms with Gasteiger partial charge in [-0.1, -0.05) is 0 Å². The lowest BCUT2D eigenvalue weighted by Crippen LogP contribution is -2.38. The van der Waals surface area contributed by atoms with E-state index in [0.717, 1.165) is 22.5 Å². The quantitative estimate of drug-likeness (QED) is 0.923. The van der Waals surface area contributed by atoms with Gasteiger partial charge in [-0.2, -0.15) is 0 Å². The van der Waals surface area contributed by atoms with Gasteiger partial charge >= 0.3 is 0 Å². The van der Waals surface area contributed by atoms with E-state index in [0.29, 0.717) is 24.5 Å². The molecule has 1 aliphatic heterocycles. The summed E-state index contributed by atoms with van der Waals surface area (Å²) in [5.41, 5.74) is 3.02. The average Bonchev–Trinajstić information content (AvgIpc) is 2.86. The Morgan fingerprint density at radius 3 is 2.70 bits per heavy atom. The molecule has 1 atom stereocenters. The van der Waals surface area contributed by atoms with Crippen molar-refractivity contribution in [1.82, 2.24) is 4.90 Å². The van der Waals surface area contributed by atoms with Gasteiger partial charge in [0.05, 0.1) is 13.2 Å². The number of aryl methyl sites for hydroxylation is 2. The largest absolute Gasteiger partial charge is 0.504 e. The predicted molar refractivity (Wildman–Crippen MR) is 86.0 cm³/mol. The summed E-state index contributed by atoms with van der Waals surface area (Å²) in [4.78, 5) is 14.6. The van der Waals surface area contributed by atoms with E-state index >= 15 is 0 Å². The average molecular weight is 315 g/mol. The molecule has 0 unspecified atom stereocenters. The number of phenols is 1. The molecule has 0 fully saturated rings. The summed E-state index contributed by atoms with van der Waals surface area (Å²) in [5.74, 6) is 1.60. The molecule has 1 amide bonds. The highest BCUT2D eigenvalue weighted by molar-refractivity contribution is 5.92. The van der Waals surface area contributed by atoms with Gasteiger partial charge < -0.3 is 19.2 Å². The highest BCUT2D eigenvalue weighted by Gasteiger charge is 2.31. The molecule has 1 aromatic carbocycles. The van der Waals surface area contributed by atoms with Crippen LogP contribution in [0, 0.1) is 13.8 Å². The molecule has 5 heteroatoms. The number of rotatable bonds is 2. The van der Waals surface area contributed by atoms with Gasteiger partial charge in [-0.25, -0.2) is 0 Å². The zero-order valence-corrected chi connectivity index (χ0v) is 13.8. The number of methoxy groups -OCH3 is 1. The van der Waals surface area contributed by atoms with Crippen molar-refractivity contribution in [3.63, 3.8) is 0 Å². The van der Waals surface area contributed by atoms with Crippen molar-refractivity contribution in [3.05, 3.63) is 46.4 Å². The summed E-state index contributed by atoms with van der Waals surface area (Å²) in [5, 5.41) is 9.92. The predicted octanol–water partition coefficient (Wildman–Crippen LogP) is 3.37. The molecule has 0 radical (unpaired) electrons. The van der Waals surface area contributed by atoms with Crippen LogP contribution in [0.25, 0.3) is 0 Å². The number of benzene rings is 1. The third-order valence-electron chi connectivity index (χ3n) is 4.62. The number of carbonyl (C=O) groups is 1. The molecule has 1 N–H and O–H groups in total. The molecule has 2 aromatic rings. The molecule has 122 valence electrons. The van der Waals surface area contributed by atoms with Crippen LogP contribution in [0.1, 0.15) is 46.0 Å². The second kappa shape index (κ2) is 5.65. The van der Waals surface area contributed by atoms with Crippen molar-refractivity contribution in [1.29, 1.82) is 0 Å². The number of amides is 1. The number of nitrogens with zero attached hydrogens (tertiary/aromatic N) is 1. The third kappa shape index (κ3) is 2.56. The zero-order valence-electron chi connectivity index (χ0n) is 13.8. The van der Waals surface area contributed by atoms with Gasteiger partial charge in [0, 0.05) is 6.54 Å². The van der Waals surface area contributed by atoms with E-state index in [1.165, 1.54) is 7.11 Å². The highest BCUT2D eigenvalue weighted by Crippen LogP contribution is 2.37. The Labute approximate surface area is 135 Å². The molecule has 2 heterocycles. The first-order valence-electron chi connectivity index (χ1n) is 7.70. The smallest absolute Gasteiger partial charge is 0.290 e. The van der Waals surface area contributed by atoms with Crippen LogP contribution in [0.4, 0.5) is 0 Å². The second-order valence-corrected chi connectivity index (χ2v) is 6.00. The summed E-state index contributed by atoms with van der Waals surface area (Å²) in [7, 11) is 1.52. The Morgan fingerprint density at radius 2 is 2.09 bits per heavy atom. The fraction of sp³-hybridized carbons (Fsp3) is 0.389. The molecule has 5 nitrogen and oxygen atoms in total. The van der Waals surface area contributed by atoms with Crippen molar-refractivity contribution in [2.24, 2.45) is 0 Å². The van der Waals surface area contributed by atoms with Gasteiger partial charge in [0.25, 0.3) is 5.91 Å². The minimum Gasteiger partial charge on any atom is -0.504 e. The molecular weight excluding hydrogens is 294 g/mol. The first-order valence-corrected chi connectivity index (χ1v) is 7.70. The Balaban J connectivity index is 1.94. The topological polar surface area (TPSA) is 62.9 Å². The van der Waals surface area contributed by atoms with Crippen molar-refractivity contribution >= 4 is 5.91 Å². The lowest BCUT2D eigenvalue weighted by Gasteiger charge is -2.35. The van der Waals surface area contributed by atoms with Crippen molar-refractivity contribution < 1.29 is 19.1 Å². The maximum Gasteiger partial charge on any atom is 0.290 e. The minimum atomic E-state index is -0.105. The third-order valence-corrected chi connectivity index (χ3v) is 4.62. The standard InChI is InChI=1S/C18H21NO4/c1-10-7-17(23-12(10)3)18(21)19-6-5-13-8-15(20)16(22-4)9-14(13)11(19)2/h7-9,11,20H,5-6H2,1-4H3/t11-/m1/s1. The van der Waals surface area contributed by atoms with Crippen molar-refractivity contribution in [2.45, 2.75) is 33.2 Å². The van der Waals surface area contributed by atoms with E-state index in [1.54, 1.807) is 17.0 Å². The van der Waals surface area contributed by atoms with Crippen LogP contribution < -0.4 is 4.74 Å². The molecular formula is C18H21NO4. The summed E-state index contributed by atoms with van der Waals surface area (Å²) in [6, 6.07) is 5.23. The van der Waals surface area contributed by atoms with Crippen LogP contribution in [0.15, 0.2) is 22.6 Å². The Bertz CT molecular complexity index is 743. The SMILES string of the molecule is COc1cc2c(cc1O)CCN(C(=O)c1cc(C)c(C)o1)[C@@H]2C. The summed E-state index contributed by atoms with van der Waals surface area (Å²) >= 11 is 0. The molecule has 0 bridgehead atoms. The van der Waals surface area contributed by atoms with E-state index in [1.807, 2.05) is 26.8 Å². The van der Waals surface area contributed by atoms with Crippen LogP contribution in [0.3, 0.4) is 0 Å². The van der Waals surface area contributed by atoms with Crippen molar-refractivity contribution in [3.8, 4) is 11.5 Å². The zero-order chi connectivity index (χ0) is 16.7. The van der Waals surface area contributed by atoms with Crippen molar-refractivity contribution in [2.75, 3.05) is 13.7 Å². The fourth-order valence-corrected chi connectivity index (χ4v) is 3.10. The lowest BCUT2D eigenvalue weighted by molar-refractivity contribution is 0.0643. The van der Waals surface area contributed by atoms with E-state index in [4.69, 9.17) is 9.15 Å². The maximum atomic E-state index is 12.8. The first kappa shape index (κ1) is 15.5. The van der Waals surface area contributed by atoms with Crippen LogP contribution in [-0.4, -0.2) is 29.6 Å². The van der Waals surface area contributed by atoms with Crippen LogP contribution >= 0.6 is 0 Å². The minimum absolute atomic E-state index is 0.105. The summed E-state index contributed by atoms with van der Waals surface area (Å²) in [6.07, 6.45) is 0.696.